The molecule has 0 spiro atoms. The molecule has 8 nitrogen and oxygen atoms in total. The fourth-order valence-electron chi connectivity index (χ4n) is 4.39. The van der Waals surface area contributed by atoms with E-state index in [1.54, 1.807) is 73.1 Å². The van der Waals surface area contributed by atoms with Gasteiger partial charge in [-0.2, -0.15) is 0 Å². The van der Waals surface area contributed by atoms with E-state index < -0.39 is 17.7 Å². The van der Waals surface area contributed by atoms with Crippen LogP contribution in [0, 0.1) is 0 Å². The number of rotatable bonds is 12. The van der Waals surface area contributed by atoms with Crippen LogP contribution in [0.4, 0.5) is 0 Å². The van der Waals surface area contributed by atoms with Gasteiger partial charge in [0.25, 0.3) is 11.7 Å². The number of amides is 1. The lowest BCUT2D eigenvalue weighted by molar-refractivity contribution is -0.140. The summed E-state index contributed by atoms with van der Waals surface area (Å²) in [5, 5.41) is 11.4. The summed E-state index contributed by atoms with van der Waals surface area (Å²) >= 11 is 0. The van der Waals surface area contributed by atoms with Crippen LogP contribution in [0.1, 0.15) is 43.0 Å². The molecule has 1 aliphatic rings. The zero-order valence-electron chi connectivity index (χ0n) is 22.1. The Morgan fingerprint density at radius 1 is 1.00 bits per heavy atom. The predicted octanol–water partition coefficient (Wildman–Crippen LogP) is 5.46. The van der Waals surface area contributed by atoms with Crippen molar-refractivity contribution in [3.63, 3.8) is 0 Å². The Morgan fingerprint density at radius 3 is 2.41 bits per heavy atom. The summed E-state index contributed by atoms with van der Waals surface area (Å²) in [7, 11) is 0. The first-order valence-corrected chi connectivity index (χ1v) is 12.9. The molecule has 3 aromatic rings. The number of pyridine rings is 1. The molecule has 2 aromatic carbocycles. The molecule has 0 radical (unpaired) electrons. The highest BCUT2D eigenvalue weighted by Gasteiger charge is 2.46. The minimum absolute atomic E-state index is 0.00140. The highest BCUT2D eigenvalue weighted by Crippen LogP contribution is 2.43. The van der Waals surface area contributed by atoms with Gasteiger partial charge in [-0.3, -0.25) is 14.6 Å². The molecule has 202 valence electrons. The van der Waals surface area contributed by atoms with Gasteiger partial charge in [-0.15, -0.1) is 0 Å². The van der Waals surface area contributed by atoms with Crippen molar-refractivity contribution >= 4 is 17.4 Å². The number of aliphatic hydroxyl groups is 1. The molecule has 1 aromatic heterocycles. The van der Waals surface area contributed by atoms with Crippen molar-refractivity contribution < 1.29 is 28.9 Å². The molecule has 1 amide bonds. The summed E-state index contributed by atoms with van der Waals surface area (Å²) in [6.45, 7) is 8.95. The summed E-state index contributed by atoms with van der Waals surface area (Å²) in [6.07, 6.45) is 5.75. The monoisotopic (exact) mass is 528 g/mol. The van der Waals surface area contributed by atoms with Gasteiger partial charge in [-0.1, -0.05) is 25.6 Å². The third kappa shape index (κ3) is 6.12. The first kappa shape index (κ1) is 27.4. The minimum Gasteiger partial charge on any atom is -0.507 e. The normalized spacial score (nSPS) is 16.3. The van der Waals surface area contributed by atoms with Crippen LogP contribution in [0.2, 0.25) is 0 Å². The van der Waals surface area contributed by atoms with Gasteiger partial charge in [-0.05, 0) is 73.0 Å². The van der Waals surface area contributed by atoms with Crippen LogP contribution in [0.25, 0.3) is 5.76 Å². The van der Waals surface area contributed by atoms with Crippen molar-refractivity contribution in [1.82, 2.24) is 9.88 Å². The number of carbonyl (C=O) groups excluding carboxylic acids is 2. The molecule has 1 unspecified atom stereocenters. The number of aliphatic hydroxyl groups excluding tert-OH is 1. The van der Waals surface area contributed by atoms with E-state index in [0.29, 0.717) is 41.6 Å². The number of ether oxygens (including phenoxy) is 3. The van der Waals surface area contributed by atoms with Gasteiger partial charge in [0.1, 0.15) is 18.1 Å². The summed E-state index contributed by atoms with van der Waals surface area (Å²) in [4.78, 5) is 32.3. The molecule has 0 saturated carbocycles. The minimum atomic E-state index is -0.859. The lowest BCUT2D eigenvalue weighted by atomic mass is 9.94. The Bertz CT molecular complexity index is 1350. The number of likely N-dealkylation sites (tertiary alicyclic amines) is 1. The van der Waals surface area contributed by atoms with Gasteiger partial charge in [-0.25, -0.2) is 0 Å². The van der Waals surface area contributed by atoms with Crippen LogP contribution in [0.15, 0.2) is 85.2 Å². The van der Waals surface area contributed by atoms with Gasteiger partial charge < -0.3 is 24.2 Å². The van der Waals surface area contributed by atoms with Crippen molar-refractivity contribution in [2.24, 2.45) is 0 Å². The van der Waals surface area contributed by atoms with E-state index in [4.69, 9.17) is 14.2 Å². The van der Waals surface area contributed by atoms with Crippen LogP contribution < -0.4 is 14.2 Å². The smallest absolute Gasteiger partial charge is 0.295 e. The van der Waals surface area contributed by atoms with E-state index in [1.807, 2.05) is 13.8 Å². The molecule has 4 rings (SSSR count). The second-order valence-electron chi connectivity index (χ2n) is 8.89. The molecule has 1 atom stereocenters. The molecule has 8 heteroatoms. The van der Waals surface area contributed by atoms with Crippen molar-refractivity contribution in [1.29, 1.82) is 0 Å². The van der Waals surface area contributed by atoms with Crippen molar-refractivity contribution in [3.8, 4) is 17.2 Å². The van der Waals surface area contributed by atoms with Crippen LogP contribution in [-0.4, -0.2) is 46.5 Å². The number of carbonyl (C=O) groups is 2. The largest absolute Gasteiger partial charge is 0.507 e. The molecular weight excluding hydrogens is 496 g/mol. The number of benzene rings is 2. The molecule has 1 aliphatic heterocycles. The zero-order valence-corrected chi connectivity index (χ0v) is 22.1. The third-order valence-corrected chi connectivity index (χ3v) is 6.18. The Balaban J connectivity index is 1.82. The van der Waals surface area contributed by atoms with Gasteiger partial charge >= 0.3 is 0 Å². The lowest BCUT2D eigenvalue weighted by Gasteiger charge is -2.26. The fourth-order valence-corrected chi connectivity index (χ4v) is 4.39. The SMILES string of the molecule is C=CCOc1ccc(C2/C(=C(\O)c3ccc(OCCC)cc3)C(=O)C(=O)N2Cc2ccncc2)cc1OCC. The molecule has 1 N–H and O–H groups in total. The summed E-state index contributed by atoms with van der Waals surface area (Å²) in [6, 6.07) is 14.7. The standard InChI is InChI=1S/C31H32N2O6/c1-4-17-38-24-10-7-22(8-11-24)29(34)27-28(23-9-12-25(39-18-5-2)26(19-23)37-6-3)33(31(36)30(27)35)20-21-13-15-32-16-14-21/h5,7-16,19,28,34H,2,4,6,17-18,20H2,1,3H3/b29-27+. The Morgan fingerprint density at radius 2 is 1.74 bits per heavy atom. The average Bonchev–Trinajstić information content (AvgIpc) is 3.21. The number of nitrogens with zero attached hydrogens (tertiary/aromatic N) is 2. The zero-order chi connectivity index (χ0) is 27.8. The molecular formula is C31H32N2O6. The van der Waals surface area contributed by atoms with E-state index in [1.165, 1.54) is 4.90 Å². The quantitative estimate of drug-likeness (QED) is 0.144. The van der Waals surface area contributed by atoms with Crippen LogP contribution in [0.3, 0.4) is 0 Å². The molecule has 2 heterocycles. The molecule has 1 fully saturated rings. The maximum absolute atomic E-state index is 13.4. The van der Waals surface area contributed by atoms with Crippen molar-refractivity contribution in [2.45, 2.75) is 32.9 Å². The second-order valence-corrected chi connectivity index (χ2v) is 8.89. The third-order valence-electron chi connectivity index (χ3n) is 6.18. The topological polar surface area (TPSA) is 98.2 Å². The van der Waals surface area contributed by atoms with E-state index in [2.05, 4.69) is 11.6 Å². The van der Waals surface area contributed by atoms with Crippen LogP contribution in [0.5, 0.6) is 17.2 Å². The fraction of sp³-hybridized carbons (Fsp3) is 0.258. The van der Waals surface area contributed by atoms with E-state index in [0.717, 1.165) is 12.0 Å². The van der Waals surface area contributed by atoms with Crippen molar-refractivity contribution in [2.75, 3.05) is 19.8 Å². The highest BCUT2D eigenvalue weighted by molar-refractivity contribution is 6.46. The number of ketones is 1. The summed E-state index contributed by atoms with van der Waals surface area (Å²) in [5.74, 6) is -0.103. The van der Waals surface area contributed by atoms with Crippen LogP contribution >= 0.6 is 0 Å². The van der Waals surface area contributed by atoms with Gasteiger partial charge in [0.2, 0.25) is 0 Å². The Labute approximate surface area is 228 Å². The van der Waals surface area contributed by atoms with E-state index >= 15 is 0 Å². The Kier molecular flexibility index (Phi) is 8.99. The van der Waals surface area contributed by atoms with Gasteiger partial charge in [0.15, 0.2) is 11.5 Å². The molecule has 1 saturated heterocycles. The lowest BCUT2D eigenvalue weighted by Crippen LogP contribution is -2.29. The molecule has 39 heavy (non-hydrogen) atoms. The predicted molar refractivity (Wildman–Crippen MR) is 148 cm³/mol. The average molecular weight is 529 g/mol. The molecule has 0 aliphatic carbocycles. The summed E-state index contributed by atoms with van der Waals surface area (Å²) < 4.78 is 17.2. The van der Waals surface area contributed by atoms with Crippen LogP contribution in [-0.2, 0) is 16.1 Å². The number of hydrogen-bond acceptors (Lipinski definition) is 7. The van der Waals surface area contributed by atoms with E-state index in [9.17, 15) is 14.7 Å². The summed E-state index contributed by atoms with van der Waals surface area (Å²) in [5.41, 5.74) is 1.80. The molecule has 0 bridgehead atoms. The van der Waals surface area contributed by atoms with Gasteiger partial charge in [0.05, 0.1) is 24.8 Å². The highest BCUT2D eigenvalue weighted by atomic mass is 16.5. The van der Waals surface area contributed by atoms with E-state index in [-0.39, 0.29) is 24.5 Å². The second kappa shape index (κ2) is 12.8. The first-order chi connectivity index (χ1) is 19.0. The maximum Gasteiger partial charge on any atom is 0.295 e. The van der Waals surface area contributed by atoms with Gasteiger partial charge in [0, 0.05) is 24.5 Å². The first-order valence-electron chi connectivity index (χ1n) is 12.9. The van der Waals surface area contributed by atoms with Crippen molar-refractivity contribution in [3.05, 3.63) is 102 Å². The Hall–Kier alpha value is -4.59. The number of Topliss-reactive ketones (excluding diaryl/α,β-unsaturated/α-hetero) is 1. The number of aromatic nitrogens is 1. The number of hydrogen-bond donors (Lipinski definition) is 1. The maximum atomic E-state index is 13.4.